The molecular formula is C11H10Cl2N4S2. The van der Waals surface area contributed by atoms with Gasteiger partial charge in [-0.3, -0.25) is 4.99 Å². The standard InChI is InChI=1S/C11H10Cl2N4S2/c1-5-2-3-18-11(14-5)15-8-6(12)4-7(13)9-10(8)17-19-16-9/h4-5H,2-3H2,1H3,(H,14,15). The van der Waals surface area contributed by atoms with Crippen LogP contribution < -0.4 is 5.32 Å². The number of fused-ring (bicyclic) bond motifs is 1. The van der Waals surface area contributed by atoms with Gasteiger partial charge in [-0.2, -0.15) is 8.73 Å². The molecule has 0 spiro atoms. The van der Waals surface area contributed by atoms with Crippen LogP contribution in [-0.2, 0) is 11.4 Å². The first-order valence-electron chi connectivity index (χ1n) is 5.73. The van der Waals surface area contributed by atoms with Crippen LogP contribution in [0, 0.1) is 0 Å². The molecule has 0 aliphatic carbocycles. The molecule has 100 valence electrons. The first-order chi connectivity index (χ1) is 9.15. The van der Waals surface area contributed by atoms with Crippen LogP contribution in [0.4, 0.5) is 17.1 Å². The molecule has 0 fully saturated rings. The van der Waals surface area contributed by atoms with E-state index < -0.39 is 0 Å². The topological polar surface area (TPSA) is 49.1 Å². The zero-order valence-electron chi connectivity index (χ0n) is 9.98. The molecule has 1 unspecified atom stereocenters. The van der Waals surface area contributed by atoms with Gasteiger partial charge >= 0.3 is 0 Å². The largest absolute Gasteiger partial charge is 0.332 e. The third-order valence-corrected chi connectivity index (χ3v) is 4.82. The van der Waals surface area contributed by atoms with Crippen LogP contribution in [0.15, 0.2) is 19.8 Å². The Balaban J connectivity index is 1.98. The Morgan fingerprint density at radius 2 is 2.05 bits per heavy atom. The van der Waals surface area contributed by atoms with Gasteiger partial charge in [0.25, 0.3) is 0 Å². The van der Waals surface area contributed by atoms with E-state index in [1.807, 2.05) is 0 Å². The van der Waals surface area contributed by atoms with E-state index >= 15 is 0 Å². The van der Waals surface area contributed by atoms with E-state index in [4.69, 9.17) is 23.2 Å². The average Bonchev–Trinajstić information content (AvgIpc) is 2.84. The minimum Gasteiger partial charge on any atom is -0.332 e. The number of thioether (sulfide) groups is 1. The van der Waals surface area contributed by atoms with Gasteiger partial charge in [-0.25, -0.2) is 0 Å². The van der Waals surface area contributed by atoms with E-state index in [-0.39, 0.29) is 0 Å². The molecule has 8 heteroatoms. The quantitative estimate of drug-likeness (QED) is 0.797. The third kappa shape index (κ3) is 2.67. The molecule has 1 aromatic rings. The fourth-order valence-electron chi connectivity index (χ4n) is 1.80. The van der Waals surface area contributed by atoms with Gasteiger partial charge < -0.3 is 5.32 Å². The normalized spacial score (nSPS) is 20.8. The van der Waals surface area contributed by atoms with Gasteiger partial charge in [-0.05, 0) is 19.4 Å². The highest BCUT2D eigenvalue weighted by atomic mass is 35.5. The summed E-state index contributed by atoms with van der Waals surface area (Å²) in [6.07, 6.45) is 1.10. The number of nitrogens with zero attached hydrogens (tertiary/aromatic N) is 3. The summed E-state index contributed by atoms with van der Waals surface area (Å²) in [5, 5.41) is 5.19. The number of anilines is 1. The summed E-state index contributed by atoms with van der Waals surface area (Å²) in [6.45, 7) is 2.10. The first-order valence-corrected chi connectivity index (χ1v) is 8.20. The number of nitrogens with one attached hydrogen (secondary N) is 1. The van der Waals surface area contributed by atoms with E-state index in [2.05, 4.69) is 26.0 Å². The van der Waals surface area contributed by atoms with E-state index in [0.717, 1.165) is 34.4 Å². The molecule has 0 radical (unpaired) electrons. The van der Waals surface area contributed by atoms with Gasteiger partial charge in [-0.1, -0.05) is 35.0 Å². The van der Waals surface area contributed by atoms with E-state index in [1.54, 1.807) is 17.8 Å². The van der Waals surface area contributed by atoms with Crippen molar-refractivity contribution in [2.45, 2.75) is 19.4 Å². The summed E-state index contributed by atoms with van der Waals surface area (Å²) in [6, 6.07) is 2.02. The summed E-state index contributed by atoms with van der Waals surface area (Å²) in [4.78, 5) is 4.56. The van der Waals surface area contributed by atoms with E-state index in [0.29, 0.717) is 27.5 Å². The smallest absolute Gasteiger partial charge is 0.161 e. The average molecular weight is 333 g/mol. The molecule has 0 amide bonds. The molecular weight excluding hydrogens is 323 g/mol. The van der Waals surface area contributed by atoms with Crippen molar-refractivity contribution in [1.82, 2.24) is 0 Å². The van der Waals surface area contributed by atoms with Crippen LogP contribution in [-0.4, -0.2) is 17.0 Å². The number of amidine groups is 1. The fraction of sp³-hybridized carbons (Fsp3) is 0.364. The Kier molecular flexibility index (Phi) is 3.84. The lowest BCUT2D eigenvalue weighted by Gasteiger charge is -2.19. The Morgan fingerprint density at radius 1 is 1.26 bits per heavy atom. The van der Waals surface area contributed by atoms with Crippen molar-refractivity contribution in [3.8, 4) is 0 Å². The molecule has 2 aliphatic rings. The molecule has 0 saturated carbocycles. The lowest BCUT2D eigenvalue weighted by Crippen LogP contribution is -2.18. The van der Waals surface area contributed by atoms with E-state index in [1.165, 1.54) is 0 Å². The van der Waals surface area contributed by atoms with Crippen molar-refractivity contribution in [2.24, 2.45) is 13.7 Å². The predicted octanol–water partition coefficient (Wildman–Crippen LogP) is 5.01. The molecule has 2 aliphatic heterocycles. The van der Waals surface area contributed by atoms with Crippen LogP contribution in [0.3, 0.4) is 0 Å². The summed E-state index contributed by atoms with van der Waals surface area (Å²) in [5.74, 6) is 1.05. The summed E-state index contributed by atoms with van der Waals surface area (Å²) in [5.41, 5.74) is 2.10. The molecule has 0 bridgehead atoms. The van der Waals surface area contributed by atoms with E-state index in [9.17, 15) is 0 Å². The summed E-state index contributed by atoms with van der Waals surface area (Å²) in [7, 11) is 0. The lowest BCUT2D eigenvalue weighted by atomic mass is 10.2. The van der Waals surface area contributed by atoms with Gasteiger partial charge in [0.15, 0.2) is 5.17 Å². The van der Waals surface area contributed by atoms with Crippen molar-refractivity contribution in [2.75, 3.05) is 11.1 Å². The zero-order chi connectivity index (χ0) is 13.4. The van der Waals surface area contributed by atoms with Gasteiger partial charge in [-0.15, -0.1) is 0 Å². The minimum absolute atomic E-state index is 0.332. The van der Waals surface area contributed by atoms with Gasteiger partial charge in [0.1, 0.15) is 11.4 Å². The van der Waals surface area contributed by atoms with Crippen molar-refractivity contribution in [3.63, 3.8) is 0 Å². The maximum atomic E-state index is 6.25. The van der Waals surface area contributed by atoms with Crippen molar-refractivity contribution in [3.05, 3.63) is 16.1 Å². The Bertz CT molecular complexity index is 638. The van der Waals surface area contributed by atoms with Crippen molar-refractivity contribution >= 4 is 68.5 Å². The molecule has 1 N–H and O–H groups in total. The van der Waals surface area contributed by atoms with Crippen LogP contribution in [0.25, 0.3) is 0 Å². The second kappa shape index (κ2) is 5.44. The number of aliphatic imine (C=N–C) groups is 1. The molecule has 1 atom stereocenters. The minimum atomic E-state index is 0.332. The molecule has 19 heavy (non-hydrogen) atoms. The number of hydrogen-bond donors (Lipinski definition) is 1. The third-order valence-electron chi connectivity index (χ3n) is 2.79. The second-order valence-electron chi connectivity index (χ2n) is 4.22. The van der Waals surface area contributed by atoms with Crippen LogP contribution in [0.5, 0.6) is 0 Å². The highest BCUT2D eigenvalue weighted by molar-refractivity contribution is 8.14. The highest BCUT2D eigenvalue weighted by Gasteiger charge is 2.21. The SMILES string of the molecule is CC1CCSC(Nc2c(Cl)cc(Cl)c3c2N=S=N3)=N1. The number of rotatable bonds is 1. The summed E-state index contributed by atoms with van der Waals surface area (Å²) < 4.78 is 8.44. The molecule has 1 aromatic carbocycles. The molecule has 2 heterocycles. The first kappa shape index (κ1) is 13.4. The number of benzene rings is 1. The predicted molar refractivity (Wildman–Crippen MR) is 85.6 cm³/mol. The summed E-state index contributed by atoms with van der Waals surface area (Å²) >= 11 is 15.2. The maximum Gasteiger partial charge on any atom is 0.161 e. The Morgan fingerprint density at radius 3 is 2.84 bits per heavy atom. The Hall–Kier alpha value is -0.560. The molecule has 0 saturated heterocycles. The fourth-order valence-corrected chi connectivity index (χ4v) is 4.04. The maximum absolute atomic E-state index is 6.25. The van der Waals surface area contributed by atoms with Gasteiger partial charge in [0.2, 0.25) is 0 Å². The van der Waals surface area contributed by atoms with Gasteiger partial charge in [0, 0.05) is 5.75 Å². The molecule has 0 aromatic heterocycles. The number of halogens is 2. The second-order valence-corrected chi connectivity index (χ2v) is 6.65. The monoisotopic (exact) mass is 332 g/mol. The van der Waals surface area contributed by atoms with Crippen LogP contribution >= 0.6 is 35.0 Å². The van der Waals surface area contributed by atoms with Gasteiger partial charge in [0.05, 0.1) is 33.1 Å². The van der Waals surface area contributed by atoms with Crippen LogP contribution in [0.1, 0.15) is 13.3 Å². The van der Waals surface area contributed by atoms with Crippen molar-refractivity contribution in [1.29, 1.82) is 0 Å². The molecule has 3 rings (SSSR count). The highest BCUT2D eigenvalue weighted by Crippen LogP contribution is 2.47. The zero-order valence-corrected chi connectivity index (χ0v) is 13.1. The van der Waals surface area contributed by atoms with Crippen molar-refractivity contribution < 1.29 is 0 Å². The molecule has 4 nitrogen and oxygen atoms in total. The van der Waals surface area contributed by atoms with Crippen LogP contribution in [0.2, 0.25) is 10.0 Å². The Labute approximate surface area is 128 Å². The number of hydrogen-bond acceptors (Lipinski definition) is 5. The lowest BCUT2D eigenvalue weighted by molar-refractivity contribution is 0.720.